The molecule has 0 amide bonds. The molecule has 0 aromatic rings. The van der Waals surface area contributed by atoms with E-state index in [2.05, 4.69) is 40.5 Å². The number of nitrogens with one attached hydrogen (secondary N) is 1. The van der Waals surface area contributed by atoms with E-state index in [-0.39, 0.29) is 0 Å². The number of fused-ring (bicyclic) bond motifs is 5. The zero-order valence-corrected chi connectivity index (χ0v) is 17.0. The summed E-state index contributed by atoms with van der Waals surface area (Å²) in [5.74, 6) is 5.46. The molecule has 5 unspecified atom stereocenters. The van der Waals surface area contributed by atoms with Crippen LogP contribution >= 0.6 is 0 Å². The van der Waals surface area contributed by atoms with Gasteiger partial charge < -0.3 is 5.41 Å². The third-order valence-corrected chi connectivity index (χ3v) is 9.45. The molecule has 0 spiro atoms. The lowest BCUT2D eigenvalue weighted by Crippen LogP contribution is -2.53. The van der Waals surface area contributed by atoms with Gasteiger partial charge in [-0.1, -0.05) is 27.2 Å². The molecule has 0 bridgehead atoms. The number of rotatable bonds is 1. The minimum atomic E-state index is 0.457. The van der Waals surface area contributed by atoms with Gasteiger partial charge in [0.15, 0.2) is 0 Å². The standard InChI is InChI=1S/C22H37N.C2H2/c1-14-9-11-21(3)16(13-14)5-6-17-19-8-7-18(15(2)23)22(19,4)12-10-20(17)21;1-2/h14,16-20,23H,5-13H2,1-4H3;1-2H/t14-,16?,17?,18?,19?,20?,21-,22+;/m0./s1. The smallest absolute Gasteiger partial charge is 0.00946 e. The van der Waals surface area contributed by atoms with Crippen LogP contribution < -0.4 is 0 Å². The van der Waals surface area contributed by atoms with Gasteiger partial charge >= 0.3 is 0 Å². The maximum Gasteiger partial charge on any atom is 0.00946 e. The summed E-state index contributed by atoms with van der Waals surface area (Å²) in [6, 6.07) is 0. The van der Waals surface area contributed by atoms with E-state index >= 15 is 0 Å². The van der Waals surface area contributed by atoms with E-state index in [0.29, 0.717) is 16.7 Å². The zero-order valence-electron chi connectivity index (χ0n) is 17.0. The summed E-state index contributed by atoms with van der Waals surface area (Å²) in [5.41, 5.74) is 2.08. The summed E-state index contributed by atoms with van der Waals surface area (Å²) < 4.78 is 0. The molecule has 1 N–H and O–H groups in total. The summed E-state index contributed by atoms with van der Waals surface area (Å²) in [4.78, 5) is 0. The molecule has 1 nitrogen and oxygen atoms in total. The van der Waals surface area contributed by atoms with Crippen molar-refractivity contribution in [2.24, 2.45) is 46.3 Å². The van der Waals surface area contributed by atoms with Crippen molar-refractivity contribution in [3.05, 3.63) is 0 Å². The predicted octanol–water partition coefficient (Wildman–Crippen LogP) is 6.57. The zero-order chi connectivity index (χ0) is 18.4. The average molecular weight is 342 g/mol. The number of hydrogen-bond donors (Lipinski definition) is 1. The van der Waals surface area contributed by atoms with Crippen molar-refractivity contribution in [2.75, 3.05) is 0 Å². The van der Waals surface area contributed by atoms with Gasteiger partial charge in [-0.25, -0.2) is 0 Å². The molecular weight excluding hydrogens is 302 g/mol. The molecule has 0 heterocycles. The SMILES string of the molecule is C#C.CC(=N)C1CCC2C3CCC4C[C@@H](C)CC[C@]4(C)C3CC[C@]12C. The predicted molar refractivity (Wildman–Crippen MR) is 108 cm³/mol. The van der Waals surface area contributed by atoms with E-state index < -0.39 is 0 Å². The van der Waals surface area contributed by atoms with Crippen molar-refractivity contribution in [1.82, 2.24) is 0 Å². The lowest BCUT2D eigenvalue weighted by Gasteiger charge is -2.61. The number of hydrogen-bond acceptors (Lipinski definition) is 1. The third-order valence-electron chi connectivity index (χ3n) is 9.45. The van der Waals surface area contributed by atoms with Crippen LogP contribution in [0.15, 0.2) is 0 Å². The summed E-state index contributed by atoms with van der Waals surface area (Å²) in [7, 11) is 0. The van der Waals surface area contributed by atoms with E-state index in [0.717, 1.165) is 35.3 Å². The monoisotopic (exact) mass is 341 g/mol. The van der Waals surface area contributed by atoms with Gasteiger partial charge in [0.05, 0.1) is 0 Å². The fraction of sp³-hybridized carbons (Fsp3) is 0.875. The normalized spacial score (nSPS) is 51.3. The second-order valence-electron chi connectivity index (χ2n) is 10.4. The summed E-state index contributed by atoms with van der Waals surface area (Å²) in [6.07, 6.45) is 21.1. The summed E-state index contributed by atoms with van der Waals surface area (Å²) >= 11 is 0. The quantitative estimate of drug-likeness (QED) is 0.412. The van der Waals surface area contributed by atoms with Crippen molar-refractivity contribution >= 4 is 5.71 Å². The van der Waals surface area contributed by atoms with Crippen LogP contribution in [0.2, 0.25) is 0 Å². The molecule has 8 atom stereocenters. The van der Waals surface area contributed by atoms with Gasteiger partial charge in [-0.05, 0) is 98.7 Å². The highest BCUT2D eigenvalue weighted by molar-refractivity contribution is 5.82. The van der Waals surface area contributed by atoms with Gasteiger partial charge in [0.2, 0.25) is 0 Å². The third kappa shape index (κ3) is 2.79. The first-order valence-corrected chi connectivity index (χ1v) is 10.7. The molecule has 0 radical (unpaired) electrons. The molecular formula is C24H39N. The molecule has 1 heteroatoms. The van der Waals surface area contributed by atoms with Crippen LogP contribution in [-0.4, -0.2) is 5.71 Å². The Balaban J connectivity index is 0.000000880. The number of terminal acetylenes is 1. The average Bonchev–Trinajstić information content (AvgIpc) is 2.95. The highest BCUT2D eigenvalue weighted by Gasteiger charge is 2.60. The maximum atomic E-state index is 8.28. The Kier molecular flexibility index (Phi) is 5.13. The Labute approximate surface area is 156 Å². The molecule has 0 aromatic heterocycles. The second-order valence-corrected chi connectivity index (χ2v) is 10.4. The molecule has 140 valence electrons. The molecule has 4 aliphatic rings. The highest BCUT2D eigenvalue weighted by atomic mass is 14.7. The van der Waals surface area contributed by atoms with Crippen molar-refractivity contribution in [2.45, 2.75) is 85.5 Å². The lowest BCUT2D eigenvalue weighted by atomic mass is 9.44. The fourth-order valence-corrected chi connectivity index (χ4v) is 8.18. The molecule has 4 rings (SSSR count). The van der Waals surface area contributed by atoms with Crippen LogP contribution in [0.3, 0.4) is 0 Å². The van der Waals surface area contributed by atoms with Gasteiger partial charge in [0, 0.05) is 11.6 Å². The largest absolute Gasteiger partial charge is 0.310 e. The highest BCUT2D eigenvalue weighted by Crippen LogP contribution is 2.67. The van der Waals surface area contributed by atoms with E-state index in [9.17, 15) is 0 Å². The minimum Gasteiger partial charge on any atom is -0.310 e. The molecule has 0 saturated heterocycles. The van der Waals surface area contributed by atoms with E-state index in [4.69, 9.17) is 5.41 Å². The van der Waals surface area contributed by atoms with Crippen LogP contribution in [0, 0.1) is 64.6 Å². The van der Waals surface area contributed by atoms with Gasteiger partial charge in [-0.3, -0.25) is 0 Å². The Bertz CT molecular complexity index is 533. The summed E-state index contributed by atoms with van der Waals surface area (Å²) in [5, 5.41) is 8.28. The van der Waals surface area contributed by atoms with E-state index in [1.165, 1.54) is 57.8 Å². The molecule has 4 saturated carbocycles. The maximum absolute atomic E-state index is 8.28. The Morgan fingerprint density at radius 1 is 0.880 bits per heavy atom. The Morgan fingerprint density at radius 3 is 2.20 bits per heavy atom. The van der Waals surface area contributed by atoms with Crippen LogP contribution in [0.1, 0.15) is 85.5 Å². The van der Waals surface area contributed by atoms with Gasteiger partial charge in [0.1, 0.15) is 0 Å². The molecule has 4 aliphatic carbocycles. The van der Waals surface area contributed by atoms with Gasteiger partial charge in [-0.2, -0.15) is 0 Å². The van der Waals surface area contributed by atoms with E-state index in [1.54, 1.807) is 0 Å². The first-order chi connectivity index (χ1) is 11.9. The summed E-state index contributed by atoms with van der Waals surface area (Å²) in [6.45, 7) is 9.79. The van der Waals surface area contributed by atoms with Gasteiger partial charge in [-0.15, -0.1) is 12.8 Å². The van der Waals surface area contributed by atoms with Crippen molar-refractivity contribution in [3.63, 3.8) is 0 Å². The van der Waals surface area contributed by atoms with Gasteiger partial charge in [0.25, 0.3) is 0 Å². The molecule has 25 heavy (non-hydrogen) atoms. The second kappa shape index (κ2) is 6.75. The van der Waals surface area contributed by atoms with Crippen LogP contribution in [-0.2, 0) is 0 Å². The molecule has 0 aromatic carbocycles. The topological polar surface area (TPSA) is 23.9 Å². The first kappa shape index (κ1) is 19.0. The first-order valence-electron chi connectivity index (χ1n) is 10.7. The van der Waals surface area contributed by atoms with E-state index in [1.807, 2.05) is 0 Å². The van der Waals surface area contributed by atoms with Crippen molar-refractivity contribution in [3.8, 4) is 12.8 Å². The molecule has 4 fully saturated rings. The van der Waals surface area contributed by atoms with Crippen molar-refractivity contribution < 1.29 is 0 Å². The van der Waals surface area contributed by atoms with Crippen LogP contribution in [0.5, 0.6) is 0 Å². The Hall–Kier alpha value is -0.770. The molecule has 0 aliphatic heterocycles. The minimum absolute atomic E-state index is 0.457. The van der Waals surface area contributed by atoms with Crippen LogP contribution in [0.25, 0.3) is 0 Å². The van der Waals surface area contributed by atoms with Crippen LogP contribution in [0.4, 0.5) is 0 Å². The lowest BCUT2D eigenvalue weighted by molar-refractivity contribution is -0.113. The van der Waals surface area contributed by atoms with Crippen molar-refractivity contribution in [1.29, 1.82) is 5.41 Å². The Morgan fingerprint density at radius 2 is 1.52 bits per heavy atom. The fourth-order valence-electron chi connectivity index (χ4n) is 8.18.